The zero-order valence-electron chi connectivity index (χ0n) is 13.2. The molecule has 4 N–H and O–H groups in total. The highest BCUT2D eigenvalue weighted by Gasteiger charge is 2.23. The molecule has 0 saturated carbocycles. The van der Waals surface area contributed by atoms with Gasteiger partial charge in [-0.2, -0.15) is 0 Å². The lowest BCUT2D eigenvalue weighted by atomic mass is 9.91. The Balaban J connectivity index is 4.07. The highest BCUT2D eigenvalue weighted by Crippen LogP contribution is 2.20. The molecule has 0 spiro atoms. The maximum Gasteiger partial charge on any atom is 0.107 e. The van der Waals surface area contributed by atoms with E-state index >= 15 is 0 Å². The van der Waals surface area contributed by atoms with Crippen LogP contribution in [0.4, 0.5) is 0 Å². The maximum absolute atomic E-state index is 10.1. The van der Waals surface area contributed by atoms with Crippen LogP contribution in [0.2, 0.25) is 0 Å². The lowest BCUT2D eigenvalue weighted by Crippen LogP contribution is -2.41. The summed E-state index contributed by atoms with van der Waals surface area (Å²) < 4.78 is 0. The van der Waals surface area contributed by atoms with Crippen LogP contribution in [-0.4, -0.2) is 35.8 Å². The molecule has 0 aromatic heterocycles. The van der Waals surface area contributed by atoms with Crippen molar-refractivity contribution >= 4 is 0 Å². The Morgan fingerprint density at radius 2 is 1.53 bits per heavy atom. The molecule has 0 fully saturated rings. The van der Waals surface area contributed by atoms with E-state index in [2.05, 4.69) is 31.4 Å². The van der Waals surface area contributed by atoms with Gasteiger partial charge in [0.15, 0.2) is 0 Å². The summed E-state index contributed by atoms with van der Waals surface area (Å²) in [6.07, 6.45) is 4.05. The molecule has 0 radical (unpaired) electrons. The van der Waals surface area contributed by atoms with Gasteiger partial charge in [0, 0.05) is 0 Å². The van der Waals surface area contributed by atoms with Gasteiger partial charge in [0.2, 0.25) is 0 Å². The van der Waals surface area contributed by atoms with Crippen molar-refractivity contribution < 1.29 is 10.2 Å². The van der Waals surface area contributed by atoms with Crippen molar-refractivity contribution in [1.82, 2.24) is 10.6 Å². The van der Waals surface area contributed by atoms with Crippen LogP contribution in [0.15, 0.2) is 0 Å². The van der Waals surface area contributed by atoms with Gasteiger partial charge >= 0.3 is 0 Å². The van der Waals surface area contributed by atoms with Gasteiger partial charge in [-0.05, 0) is 50.6 Å². The predicted molar refractivity (Wildman–Crippen MR) is 80.8 cm³/mol. The Morgan fingerprint density at radius 3 is 2.05 bits per heavy atom. The second kappa shape index (κ2) is 11.6. The summed E-state index contributed by atoms with van der Waals surface area (Å²) in [4.78, 5) is 0. The quantitative estimate of drug-likeness (QED) is 0.325. The Hall–Kier alpha value is -0.160. The molecular formula is C15H34N2O2. The van der Waals surface area contributed by atoms with Crippen LogP contribution in [0.5, 0.6) is 0 Å². The van der Waals surface area contributed by atoms with Crippen LogP contribution in [0.25, 0.3) is 0 Å². The predicted octanol–water partition coefficient (Wildman–Crippen LogP) is 2.06. The van der Waals surface area contributed by atoms with Crippen LogP contribution in [-0.2, 0) is 0 Å². The minimum Gasteiger partial charge on any atom is -0.378 e. The molecule has 0 aliphatic rings. The second-order valence-electron chi connectivity index (χ2n) is 5.53. The van der Waals surface area contributed by atoms with E-state index in [4.69, 9.17) is 0 Å². The van der Waals surface area contributed by atoms with Crippen LogP contribution in [0.1, 0.15) is 59.8 Å². The summed E-state index contributed by atoms with van der Waals surface area (Å²) in [6.45, 7) is 10.0. The first-order valence-electron chi connectivity index (χ1n) is 7.89. The lowest BCUT2D eigenvalue weighted by molar-refractivity contribution is 0.0265. The van der Waals surface area contributed by atoms with Crippen LogP contribution in [0, 0.1) is 11.8 Å². The molecule has 0 rings (SSSR count). The van der Waals surface area contributed by atoms with Crippen molar-refractivity contribution in [3.8, 4) is 0 Å². The van der Waals surface area contributed by atoms with E-state index in [1.165, 1.54) is 0 Å². The molecule has 116 valence electrons. The smallest absolute Gasteiger partial charge is 0.107 e. The van der Waals surface area contributed by atoms with Crippen molar-refractivity contribution in [1.29, 1.82) is 0 Å². The highest BCUT2D eigenvalue weighted by atomic mass is 16.3. The van der Waals surface area contributed by atoms with Gasteiger partial charge in [-0.3, -0.25) is 10.6 Å². The zero-order valence-corrected chi connectivity index (χ0v) is 13.2. The number of rotatable bonds is 12. The van der Waals surface area contributed by atoms with E-state index < -0.39 is 12.5 Å². The molecular weight excluding hydrogens is 240 g/mol. The summed E-state index contributed by atoms with van der Waals surface area (Å²) >= 11 is 0. The molecule has 0 bridgehead atoms. The molecule has 19 heavy (non-hydrogen) atoms. The minimum absolute atomic E-state index is 0.152. The number of aliphatic hydroxyl groups excluding tert-OH is 2. The maximum atomic E-state index is 10.1. The third-order valence-electron chi connectivity index (χ3n) is 3.67. The van der Waals surface area contributed by atoms with Gasteiger partial charge in [-0.15, -0.1) is 0 Å². The van der Waals surface area contributed by atoms with Gasteiger partial charge in [-0.1, -0.05) is 34.1 Å². The first-order chi connectivity index (χ1) is 9.06. The third-order valence-corrected chi connectivity index (χ3v) is 3.67. The first kappa shape index (κ1) is 18.8. The summed E-state index contributed by atoms with van der Waals surface area (Å²) in [5, 5.41) is 26.4. The molecule has 0 aromatic carbocycles. The number of hydrogen-bond donors (Lipinski definition) is 4. The SMILES string of the molecule is CCCCNC(O)C(CC)CC(C)C(O)NCCC. The third kappa shape index (κ3) is 8.58. The largest absolute Gasteiger partial charge is 0.378 e. The average molecular weight is 274 g/mol. The number of unbranched alkanes of at least 4 members (excludes halogenated alkanes) is 1. The topological polar surface area (TPSA) is 64.5 Å². The van der Waals surface area contributed by atoms with Crippen molar-refractivity contribution in [2.75, 3.05) is 13.1 Å². The van der Waals surface area contributed by atoms with Gasteiger partial charge < -0.3 is 10.2 Å². The van der Waals surface area contributed by atoms with Crippen LogP contribution in [0.3, 0.4) is 0 Å². The molecule has 0 amide bonds. The molecule has 0 heterocycles. The fraction of sp³-hybridized carbons (Fsp3) is 1.00. The Morgan fingerprint density at radius 1 is 0.895 bits per heavy atom. The fourth-order valence-electron chi connectivity index (χ4n) is 2.21. The van der Waals surface area contributed by atoms with E-state index in [1.807, 2.05) is 6.92 Å². The molecule has 0 saturated heterocycles. The zero-order chi connectivity index (χ0) is 14.7. The van der Waals surface area contributed by atoms with Crippen LogP contribution < -0.4 is 10.6 Å². The van der Waals surface area contributed by atoms with Gasteiger partial charge in [0.25, 0.3) is 0 Å². The van der Waals surface area contributed by atoms with Gasteiger partial charge in [0.05, 0.1) is 0 Å². The number of hydrogen-bond acceptors (Lipinski definition) is 4. The summed E-state index contributed by atoms with van der Waals surface area (Å²) in [5.74, 6) is 0.351. The van der Waals surface area contributed by atoms with Crippen molar-refractivity contribution in [2.24, 2.45) is 11.8 Å². The minimum atomic E-state index is -0.475. The van der Waals surface area contributed by atoms with Gasteiger partial charge in [0.1, 0.15) is 12.5 Å². The summed E-state index contributed by atoms with van der Waals surface area (Å²) in [5.41, 5.74) is 0. The van der Waals surface area contributed by atoms with Crippen LogP contribution >= 0.6 is 0 Å². The summed E-state index contributed by atoms with van der Waals surface area (Å²) in [6, 6.07) is 0. The summed E-state index contributed by atoms with van der Waals surface area (Å²) in [7, 11) is 0. The highest BCUT2D eigenvalue weighted by molar-refractivity contribution is 4.72. The second-order valence-corrected chi connectivity index (χ2v) is 5.53. The van der Waals surface area contributed by atoms with E-state index in [0.717, 1.165) is 45.2 Å². The van der Waals surface area contributed by atoms with E-state index in [0.29, 0.717) is 0 Å². The monoisotopic (exact) mass is 274 g/mol. The van der Waals surface area contributed by atoms with E-state index in [-0.39, 0.29) is 11.8 Å². The Bertz CT molecular complexity index is 203. The molecule has 0 aromatic rings. The van der Waals surface area contributed by atoms with Crippen molar-refractivity contribution in [3.63, 3.8) is 0 Å². The standard InChI is InChI=1S/C15H34N2O2/c1-5-8-10-17-15(19)13(7-3)11-12(4)14(18)16-9-6-2/h12-19H,5-11H2,1-4H3. The number of aliphatic hydroxyl groups is 2. The number of nitrogens with one attached hydrogen (secondary N) is 2. The molecule has 4 unspecified atom stereocenters. The normalized spacial score (nSPS) is 18.0. The fourth-order valence-corrected chi connectivity index (χ4v) is 2.21. The van der Waals surface area contributed by atoms with Crippen molar-refractivity contribution in [2.45, 2.75) is 72.3 Å². The lowest BCUT2D eigenvalue weighted by Gasteiger charge is -2.28. The molecule has 0 aliphatic carbocycles. The molecule has 4 heteroatoms. The first-order valence-corrected chi connectivity index (χ1v) is 7.89. The van der Waals surface area contributed by atoms with E-state index in [1.54, 1.807) is 0 Å². The van der Waals surface area contributed by atoms with Gasteiger partial charge in [-0.25, -0.2) is 0 Å². The Kier molecular flexibility index (Phi) is 11.6. The molecule has 4 atom stereocenters. The Labute approximate surface area is 119 Å². The molecule has 4 nitrogen and oxygen atoms in total. The van der Waals surface area contributed by atoms with E-state index in [9.17, 15) is 10.2 Å². The van der Waals surface area contributed by atoms with Crippen molar-refractivity contribution in [3.05, 3.63) is 0 Å². The molecule has 0 aliphatic heterocycles. The average Bonchev–Trinajstić information content (AvgIpc) is 2.41.